The highest BCUT2D eigenvalue weighted by Crippen LogP contribution is 2.28. The molecule has 0 saturated carbocycles. The minimum atomic E-state index is -0.554. The van der Waals surface area contributed by atoms with Crippen molar-refractivity contribution < 1.29 is 19.0 Å². The first-order valence-electron chi connectivity index (χ1n) is 7.20. The minimum absolute atomic E-state index is 0.252. The quantitative estimate of drug-likeness (QED) is 0.478. The van der Waals surface area contributed by atoms with Gasteiger partial charge >= 0.3 is 5.97 Å². The second-order valence-corrected chi connectivity index (χ2v) is 4.98. The van der Waals surface area contributed by atoms with Crippen LogP contribution in [0.5, 0.6) is 17.2 Å². The van der Waals surface area contributed by atoms with Crippen molar-refractivity contribution in [2.24, 2.45) is 0 Å². The molecule has 0 radical (unpaired) electrons. The first kappa shape index (κ1) is 17.1. The summed E-state index contributed by atoms with van der Waals surface area (Å²) in [5.41, 5.74) is 2.26. The van der Waals surface area contributed by atoms with E-state index >= 15 is 0 Å². The van der Waals surface area contributed by atoms with Crippen molar-refractivity contribution in [2.45, 2.75) is 6.92 Å². The number of rotatable bonds is 5. The van der Waals surface area contributed by atoms with Gasteiger partial charge in [-0.05, 0) is 37.3 Å². The SMILES string of the molecule is COc1ccc(C)cc1/C=C/C(=O)Oc1ccc(C#N)cc1OC. The van der Waals surface area contributed by atoms with Gasteiger partial charge in [0.25, 0.3) is 0 Å². The lowest BCUT2D eigenvalue weighted by Crippen LogP contribution is -2.05. The second kappa shape index (κ2) is 7.84. The molecule has 2 rings (SSSR count). The minimum Gasteiger partial charge on any atom is -0.496 e. The summed E-state index contributed by atoms with van der Waals surface area (Å²) in [7, 11) is 3.02. The molecule has 0 saturated heterocycles. The smallest absolute Gasteiger partial charge is 0.336 e. The molecule has 5 nitrogen and oxygen atoms in total. The van der Waals surface area contributed by atoms with E-state index in [2.05, 4.69) is 0 Å². The summed E-state index contributed by atoms with van der Waals surface area (Å²) in [4.78, 5) is 12.0. The molecule has 5 heteroatoms. The van der Waals surface area contributed by atoms with Crippen LogP contribution in [0.25, 0.3) is 6.08 Å². The Bertz CT molecular complexity index is 819. The molecule has 2 aromatic rings. The van der Waals surface area contributed by atoms with Crippen LogP contribution in [0.2, 0.25) is 0 Å². The van der Waals surface area contributed by atoms with Crippen LogP contribution >= 0.6 is 0 Å². The van der Waals surface area contributed by atoms with Crippen molar-refractivity contribution in [3.63, 3.8) is 0 Å². The number of benzene rings is 2. The molecule has 0 atom stereocenters. The van der Waals surface area contributed by atoms with Gasteiger partial charge in [-0.1, -0.05) is 11.6 Å². The van der Waals surface area contributed by atoms with Gasteiger partial charge in [0.1, 0.15) is 5.75 Å². The van der Waals surface area contributed by atoms with E-state index < -0.39 is 5.97 Å². The predicted octanol–water partition coefficient (Wildman–Crippen LogP) is 3.50. The standard InChI is InChI=1S/C19H17NO4/c1-13-4-7-16(22-2)15(10-13)6-9-19(21)24-17-8-5-14(12-20)11-18(17)23-3/h4-11H,1-3H3/b9-6+. The number of aryl methyl sites for hydroxylation is 1. The van der Waals surface area contributed by atoms with E-state index in [0.29, 0.717) is 17.1 Å². The van der Waals surface area contributed by atoms with Gasteiger partial charge < -0.3 is 14.2 Å². The van der Waals surface area contributed by atoms with Gasteiger partial charge in [-0.3, -0.25) is 0 Å². The first-order valence-corrected chi connectivity index (χ1v) is 7.20. The van der Waals surface area contributed by atoms with Gasteiger partial charge in [0.05, 0.1) is 25.9 Å². The number of ether oxygens (including phenoxy) is 3. The Morgan fingerprint density at radius 3 is 2.42 bits per heavy atom. The van der Waals surface area contributed by atoms with Crippen molar-refractivity contribution in [3.8, 4) is 23.3 Å². The van der Waals surface area contributed by atoms with Gasteiger partial charge in [-0.15, -0.1) is 0 Å². The summed E-state index contributed by atoms with van der Waals surface area (Å²) in [6, 6.07) is 12.3. The molecule has 0 amide bonds. The molecule has 2 aromatic carbocycles. The Hall–Kier alpha value is -3.26. The average molecular weight is 323 g/mol. The molecule has 0 unspecified atom stereocenters. The summed E-state index contributed by atoms with van der Waals surface area (Å²) >= 11 is 0. The van der Waals surface area contributed by atoms with Gasteiger partial charge in [0.2, 0.25) is 0 Å². The number of nitrogens with zero attached hydrogens (tertiary/aromatic N) is 1. The van der Waals surface area contributed by atoms with Crippen LogP contribution in [0.15, 0.2) is 42.5 Å². The maximum absolute atomic E-state index is 12.0. The zero-order valence-electron chi connectivity index (χ0n) is 13.7. The number of esters is 1. The van der Waals surface area contributed by atoms with E-state index in [1.54, 1.807) is 19.3 Å². The summed E-state index contributed by atoms with van der Waals surface area (Å²) in [5.74, 6) is 0.688. The number of nitriles is 1. The summed E-state index contributed by atoms with van der Waals surface area (Å²) in [6.07, 6.45) is 2.94. The first-order chi connectivity index (χ1) is 11.6. The third-order valence-corrected chi connectivity index (χ3v) is 3.29. The van der Waals surface area contributed by atoms with E-state index in [-0.39, 0.29) is 5.75 Å². The Morgan fingerprint density at radius 2 is 1.75 bits per heavy atom. The lowest BCUT2D eigenvalue weighted by Gasteiger charge is -2.08. The molecule has 0 spiro atoms. The van der Waals surface area contributed by atoms with E-state index in [0.717, 1.165) is 11.1 Å². The Balaban J connectivity index is 2.17. The Morgan fingerprint density at radius 1 is 1.04 bits per heavy atom. The second-order valence-electron chi connectivity index (χ2n) is 4.98. The van der Waals surface area contributed by atoms with Crippen LogP contribution < -0.4 is 14.2 Å². The number of carbonyl (C=O) groups is 1. The van der Waals surface area contributed by atoms with E-state index in [4.69, 9.17) is 19.5 Å². The lowest BCUT2D eigenvalue weighted by molar-refractivity contribution is -0.129. The zero-order chi connectivity index (χ0) is 17.5. The van der Waals surface area contributed by atoms with E-state index in [1.807, 2.05) is 31.2 Å². The van der Waals surface area contributed by atoms with Gasteiger partial charge in [0.15, 0.2) is 11.5 Å². The Kier molecular flexibility index (Phi) is 5.58. The van der Waals surface area contributed by atoms with Gasteiger partial charge in [-0.25, -0.2) is 4.79 Å². The molecule has 0 fully saturated rings. The van der Waals surface area contributed by atoms with Crippen LogP contribution in [0, 0.1) is 18.3 Å². The fourth-order valence-corrected chi connectivity index (χ4v) is 2.11. The summed E-state index contributed by atoms with van der Waals surface area (Å²) in [5, 5.41) is 8.88. The predicted molar refractivity (Wildman–Crippen MR) is 90.1 cm³/mol. The summed E-state index contributed by atoms with van der Waals surface area (Å²) < 4.78 is 15.7. The largest absolute Gasteiger partial charge is 0.496 e. The molecular weight excluding hydrogens is 306 g/mol. The molecule has 0 aliphatic heterocycles. The van der Waals surface area contributed by atoms with Crippen LogP contribution in [0.3, 0.4) is 0 Å². The Labute approximate surface area is 140 Å². The highest BCUT2D eigenvalue weighted by molar-refractivity contribution is 5.89. The normalized spacial score (nSPS) is 10.2. The highest BCUT2D eigenvalue weighted by Gasteiger charge is 2.09. The molecule has 0 aliphatic rings. The zero-order valence-corrected chi connectivity index (χ0v) is 13.7. The third-order valence-electron chi connectivity index (χ3n) is 3.29. The molecule has 0 bridgehead atoms. The average Bonchev–Trinajstić information content (AvgIpc) is 2.60. The number of methoxy groups -OCH3 is 2. The molecule has 0 aromatic heterocycles. The number of hydrogen-bond acceptors (Lipinski definition) is 5. The maximum Gasteiger partial charge on any atom is 0.336 e. The molecule has 122 valence electrons. The van der Waals surface area contributed by atoms with E-state index in [1.165, 1.54) is 25.3 Å². The fourth-order valence-electron chi connectivity index (χ4n) is 2.11. The van der Waals surface area contributed by atoms with Gasteiger partial charge in [0, 0.05) is 17.7 Å². The molecule has 24 heavy (non-hydrogen) atoms. The number of carbonyl (C=O) groups excluding carboxylic acids is 1. The van der Waals surface area contributed by atoms with Crippen LogP contribution in [0.4, 0.5) is 0 Å². The fraction of sp³-hybridized carbons (Fsp3) is 0.158. The molecule has 0 heterocycles. The summed E-state index contributed by atoms with van der Waals surface area (Å²) in [6.45, 7) is 1.96. The molecule has 0 N–H and O–H groups in total. The third kappa shape index (κ3) is 4.14. The molecule has 0 aliphatic carbocycles. The van der Waals surface area contributed by atoms with Crippen LogP contribution in [-0.2, 0) is 4.79 Å². The number of hydrogen-bond donors (Lipinski definition) is 0. The monoisotopic (exact) mass is 323 g/mol. The lowest BCUT2D eigenvalue weighted by atomic mass is 10.1. The van der Waals surface area contributed by atoms with Crippen LogP contribution in [-0.4, -0.2) is 20.2 Å². The highest BCUT2D eigenvalue weighted by atomic mass is 16.6. The molecular formula is C19H17NO4. The van der Waals surface area contributed by atoms with Crippen LogP contribution in [0.1, 0.15) is 16.7 Å². The van der Waals surface area contributed by atoms with Crippen molar-refractivity contribution in [1.29, 1.82) is 5.26 Å². The van der Waals surface area contributed by atoms with Crippen molar-refractivity contribution in [2.75, 3.05) is 14.2 Å². The van der Waals surface area contributed by atoms with E-state index in [9.17, 15) is 4.79 Å². The van der Waals surface area contributed by atoms with Crippen molar-refractivity contribution in [3.05, 3.63) is 59.2 Å². The van der Waals surface area contributed by atoms with Crippen molar-refractivity contribution in [1.82, 2.24) is 0 Å². The van der Waals surface area contributed by atoms with Crippen molar-refractivity contribution >= 4 is 12.0 Å². The maximum atomic E-state index is 12.0. The van der Waals surface area contributed by atoms with Gasteiger partial charge in [-0.2, -0.15) is 5.26 Å². The topological polar surface area (TPSA) is 68.5 Å².